The van der Waals surface area contributed by atoms with Gasteiger partial charge >= 0.3 is 5.97 Å². The summed E-state index contributed by atoms with van der Waals surface area (Å²) in [5.41, 5.74) is 3.02. The minimum absolute atomic E-state index is 0.0886. The summed E-state index contributed by atoms with van der Waals surface area (Å²) < 4.78 is 0. The second-order valence-electron chi connectivity index (χ2n) is 4.36. The lowest BCUT2D eigenvalue weighted by Gasteiger charge is -2.19. The number of carboxylic acid groups (broad SMARTS) is 1. The highest BCUT2D eigenvalue weighted by atomic mass is 16.4. The molecule has 0 spiro atoms. The highest BCUT2D eigenvalue weighted by Crippen LogP contribution is 2.31. The normalized spacial score (nSPS) is 27.6. The van der Waals surface area contributed by atoms with Crippen LogP contribution in [-0.4, -0.2) is 34.6 Å². The summed E-state index contributed by atoms with van der Waals surface area (Å²) in [5, 5.41) is 9.85. The van der Waals surface area contributed by atoms with Crippen LogP contribution in [0.4, 0.5) is 0 Å². The van der Waals surface area contributed by atoms with Gasteiger partial charge < -0.3 is 5.11 Å². The fraction of sp³-hybridized carbons (Fsp3) is 0.800. The molecule has 0 radical (unpaired) electrons. The Morgan fingerprint density at radius 1 is 1.47 bits per heavy atom. The van der Waals surface area contributed by atoms with Crippen LogP contribution in [0, 0.1) is 5.92 Å². The first kappa shape index (κ1) is 10.4. The highest BCUT2D eigenvalue weighted by Gasteiger charge is 2.36. The second-order valence-corrected chi connectivity index (χ2v) is 4.36. The Morgan fingerprint density at radius 3 is 2.73 bits per heavy atom. The average Bonchev–Trinajstić information content (AvgIpc) is 2.75. The molecule has 5 heteroatoms. The van der Waals surface area contributed by atoms with Crippen molar-refractivity contribution in [3.63, 3.8) is 0 Å². The van der Waals surface area contributed by atoms with Crippen molar-refractivity contribution in [1.29, 1.82) is 0 Å². The van der Waals surface area contributed by atoms with Crippen molar-refractivity contribution in [3.05, 3.63) is 0 Å². The Bertz CT molecular complexity index is 274. The quantitative estimate of drug-likeness (QED) is 0.709. The molecule has 2 rings (SSSR count). The van der Waals surface area contributed by atoms with Crippen molar-refractivity contribution < 1.29 is 14.7 Å². The second kappa shape index (κ2) is 4.18. The maximum atomic E-state index is 11.5. The van der Waals surface area contributed by atoms with Crippen LogP contribution < -0.4 is 5.43 Å². The summed E-state index contributed by atoms with van der Waals surface area (Å²) in [6.45, 7) is -0.234. The molecule has 0 bridgehead atoms. The predicted molar refractivity (Wildman–Crippen MR) is 52.8 cm³/mol. The topological polar surface area (TPSA) is 69.6 Å². The molecular weight excluding hydrogens is 196 g/mol. The molecule has 2 fully saturated rings. The van der Waals surface area contributed by atoms with Crippen LogP contribution in [0.25, 0.3) is 0 Å². The number of carbonyl (C=O) groups excluding carboxylic acids is 1. The molecule has 1 aliphatic carbocycles. The Balaban J connectivity index is 1.90. The van der Waals surface area contributed by atoms with Gasteiger partial charge in [0.25, 0.3) is 0 Å². The first-order valence-corrected chi connectivity index (χ1v) is 5.45. The number of hydrogen-bond donors (Lipinski definition) is 2. The van der Waals surface area contributed by atoms with E-state index in [0.29, 0.717) is 12.3 Å². The van der Waals surface area contributed by atoms with Gasteiger partial charge in [-0.05, 0) is 18.8 Å². The van der Waals surface area contributed by atoms with Crippen LogP contribution in [0.1, 0.15) is 32.1 Å². The van der Waals surface area contributed by atoms with Crippen LogP contribution in [0.3, 0.4) is 0 Å². The van der Waals surface area contributed by atoms with Crippen molar-refractivity contribution in [2.45, 2.75) is 38.1 Å². The van der Waals surface area contributed by atoms with Gasteiger partial charge in [0.2, 0.25) is 5.91 Å². The predicted octanol–water partition coefficient (Wildman–Crippen LogP) is 0.367. The van der Waals surface area contributed by atoms with Crippen LogP contribution >= 0.6 is 0 Å². The molecule has 2 N–H and O–H groups in total. The molecule has 0 aromatic heterocycles. The lowest BCUT2D eigenvalue weighted by Crippen LogP contribution is -2.42. The standard InChI is InChI=1S/C10H16N2O3/c13-9-5-8(7-3-1-2-4-7)11-12(9)6-10(14)15/h7-8,11H,1-6H2,(H,14,15). The van der Waals surface area contributed by atoms with E-state index in [0.717, 1.165) is 12.8 Å². The molecule has 5 nitrogen and oxygen atoms in total. The summed E-state index contributed by atoms with van der Waals surface area (Å²) in [6, 6.07) is 0.166. The SMILES string of the molecule is O=C(O)CN1NC(C2CCCC2)CC1=O. The molecule has 1 saturated carbocycles. The Labute approximate surface area is 88.4 Å². The maximum Gasteiger partial charge on any atom is 0.324 e. The third kappa shape index (κ3) is 2.28. The summed E-state index contributed by atoms with van der Waals surface area (Å²) in [4.78, 5) is 22.0. The van der Waals surface area contributed by atoms with Gasteiger partial charge in [-0.15, -0.1) is 0 Å². The summed E-state index contributed by atoms with van der Waals surface area (Å²) in [7, 11) is 0. The van der Waals surface area contributed by atoms with Gasteiger partial charge in [-0.25, -0.2) is 5.43 Å². The van der Waals surface area contributed by atoms with Crippen LogP contribution in [0.5, 0.6) is 0 Å². The molecule has 1 amide bonds. The van der Waals surface area contributed by atoms with Crippen LogP contribution in [0.15, 0.2) is 0 Å². The number of hydrogen-bond acceptors (Lipinski definition) is 3. The number of carboxylic acids is 1. The third-order valence-electron chi connectivity index (χ3n) is 3.28. The molecule has 1 saturated heterocycles. The highest BCUT2D eigenvalue weighted by molar-refractivity contribution is 5.82. The van der Waals surface area contributed by atoms with Crippen molar-refractivity contribution in [3.8, 4) is 0 Å². The van der Waals surface area contributed by atoms with E-state index >= 15 is 0 Å². The molecule has 0 aromatic rings. The van der Waals surface area contributed by atoms with Crippen molar-refractivity contribution in [1.82, 2.24) is 10.4 Å². The third-order valence-corrected chi connectivity index (χ3v) is 3.28. The first-order chi connectivity index (χ1) is 7.16. The van der Waals surface area contributed by atoms with Crippen molar-refractivity contribution in [2.75, 3.05) is 6.54 Å². The summed E-state index contributed by atoms with van der Waals surface area (Å²) in [6.07, 6.45) is 5.24. The zero-order chi connectivity index (χ0) is 10.8. The lowest BCUT2D eigenvalue weighted by molar-refractivity contribution is -0.144. The van der Waals surface area contributed by atoms with E-state index < -0.39 is 5.97 Å². The van der Waals surface area contributed by atoms with E-state index in [-0.39, 0.29) is 18.5 Å². The van der Waals surface area contributed by atoms with E-state index in [9.17, 15) is 9.59 Å². The van der Waals surface area contributed by atoms with E-state index in [1.165, 1.54) is 17.9 Å². The maximum absolute atomic E-state index is 11.5. The van der Waals surface area contributed by atoms with Gasteiger partial charge in [-0.1, -0.05) is 12.8 Å². The number of aliphatic carboxylic acids is 1. The fourth-order valence-electron chi connectivity index (χ4n) is 2.52. The van der Waals surface area contributed by atoms with E-state index in [4.69, 9.17) is 5.11 Å². The fourth-order valence-corrected chi connectivity index (χ4v) is 2.52. The molecule has 1 aliphatic heterocycles. The zero-order valence-electron chi connectivity index (χ0n) is 8.61. The van der Waals surface area contributed by atoms with Gasteiger partial charge in [0, 0.05) is 12.5 Å². The van der Waals surface area contributed by atoms with Crippen molar-refractivity contribution >= 4 is 11.9 Å². The smallest absolute Gasteiger partial charge is 0.324 e. The molecule has 1 atom stereocenters. The van der Waals surface area contributed by atoms with Crippen LogP contribution in [0.2, 0.25) is 0 Å². The average molecular weight is 212 g/mol. The largest absolute Gasteiger partial charge is 0.480 e. The van der Waals surface area contributed by atoms with Gasteiger partial charge in [-0.3, -0.25) is 14.6 Å². The molecule has 0 aromatic carbocycles. The first-order valence-electron chi connectivity index (χ1n) is 5.45. The molecule has 2 aliphatic rings. The number of rotatable bonds is 3. The zero-order valence-corrected chi connectivity index (χ0v) is 8.61. The Kier molecular flexibility index (Phi) is 2.90. The number of carbonyl (C=O) groups is 2. The monoisotopic (exact) mass is 212 g/mol. The minimum atomic E-state index is -0.970. The van der Waals surface area contributed by atoms with E-state index in [1.54, 1.807) is 0 Å². The number of hydrazine groups is 1. The van der Waals surface area contributed by atoms with Gasteiger partial charge in [-0.2, -0.15) is 0 Å². The molecule has 84 valence electrons. The van der Waals surface area contributed by atoms with Crippen LogP contribution in [-0.2, 0) is 9.59 Å². The van der Waals surface area contributed by atoms with E-state index in [2.05, 4.69) is 5.43 Å². The molecule has 1 heterocycles. The summed E-state index contributed by atoms with van der Waals surface area (Å²) in [5.74, 6) is -0.509. The summed E-state index contributed by atoms with van der Waals surface area (Å²) >= 11 is 0. The number of nitrogens with zero attached hydrogens (tertiary/aromatic N) is 1. The minimum Gasteiger partial charge on any atom is -0.480 e. The van der Waals surface area contributed by atoms with Gasteiger partial charge in [0.1, 0.15) is 6.54 Å². The van der Waals surface area contributed by atoms with Crippen molar-refractivity contribution in [2.24, 2.45) is 5.92 Å². The Morgan fingerprint density at radius 2 is 2.13 bits per heavy atom. The molecule has 1 unspecified atom stereocenters. The number of nitrogens with one attached hydrogen (secondary N) is 1. The molecule has 15 heavy (non-hydrogen) atoms. The van der Waals surface area contributed by atoms with Gasteiger partial charge in [0.15, 0.2) is 0 Å². The number of amides is 1. The van der Waals surface area contributed by atoms with Gasteiger partial charge in [0.05, 0.1) is 0 Å². The Hall–Kier alpha value is -1.10. The molecular formula is C10H16N2O3. The lowest BCUT2D eigenvalue weighted by atomic mass is 9.97. The van der Waals surface area contributed by atoms with E-state index in [1.807, 2.05) is 0 Å².